The van der Waals surface area contributed by atoms with Crippen molar-refractivity contribution in [3.8, 4) is 0 Å². The van der Waals surface area contributed by atoms with E-state index in [9.17, 15) is 0 Å². The van der Waals surface area contributed by atoms with Crippen molar-refractivity contribution in [2.75, 3.05) is 0 Å². The largest absolute Gasteiger partial charge is 0.346 e. The zero-order valence-electron chi connectivity index (χ0n) is 43.2. The molecule has 0 heterocycles. The Morgan fingerprint density at radius 1 is 0.222 bits per heavy atom. The fourth-order valence-electron chi connectivity index (χ4n) is 3.56. The molecule has 6 rings (SSSR count). The highest BCUT2D eigenvalue weighted by Gasteiger charge is 1.81. The first-order chi connectivity index (χ1) is 33.8. The first kappa shape index (κ1) is 83.5. The highest BCUT2D eigenvalue weighted by atomic mass is 16.7. The number of aliphatic hydroxyl groups is 18. The maximum Gasteiger partial charge on any atom is 0.263 e. The second-order valence-electron chi connectivity index (χ2n) is 12.4. The molecule has 0 radical (unpaired) electrons. The predicted molar refractivity (Wildman–Crippen MR) is 282 cm³/mol. The molecule has 0 aliphatic heterocycles. The van der Waals surface area contributed by atoms with Crippen LogP contribution in [0.25, 0.3) is 0 Å². The first-order valence-corrected chi connectivity index (χ1v) is 22.2. The molecule has 18 nitrogen and oxygen atoms in total. The summed E-state index contributed by atoms with van der Waals surface area (Å²) in [4.78, 5) is 0. The quantitative estimate of drug-likeness (QED) is 0.109. The van der Waals surface area contributed by atoms with E-state index in [0.717, 1.165) is 12.8 Å². The van der Waals surface area contributed by atoms with E-state index in [1.54, 1.807) is 0 Å². The number of hydrogen-bond donors (Lipinski definition) is 18. The summed E-state index contributed by atoms with van der Waals surface area (Å²) in [5, 5.41) is 129. The highest BCUT2D eigenvalue weighted by Crippen LogP contribution is 1.98. The van der Waals surface area contributed by atoms with Crippen LogP contribution in [0, 0.1) is 27.7 Å². The summed E-state index contributed by atoms with van der Waals surface area (Å²) in [6.45, 7) is 7.66. The molecule has 0 aliphatic rings. The molecule has 18 heteroatoms. The van der Waals surface area contributed by atoms with Gasteiger partial charge in [0.15, 0.2) is 0 Å². The van der Waals surface area contributed by atoms with Crippen LogP contribution in [-0.2, 0) is 12.8 Å². The Kier molecular flexibility index (Phi) is 81.0. The Bertz CT molecular complexity index is 1490. The van der Waals surface area contributed by atoms with Gasteiger partial charge in [-0.05, 0) is 51.7 Å². The normalized spacial score (nSPS) is 8.58. The van der Waals surface area contributed by atoms with Crippen LogP contribution in [0.15, 0.2) is 182 Å². The molecule has 6 aromatic carbocycles. The third kappa shape index (κ3) is 120. The molecule has 0 atom stereocenters. The topological polar surface area (TPSA) is 364 Å². The van der Waals surface area contributed by atoms with Crippen molar-refractivity contribution in [3.05, 3.63) is 215 Å². The van der Waals surface area contributed by atoms with E-state index >= 15 is 0 Å². The number of aliphatic hydroxyl groups excluding tert-OH is 6. The van der Waals surface area contributed by atoms with Gasteiger partial charge in [-0.15, -0.1) is 0 Å². The van der Waals surface area contributed by atoms with E-state index in [0.29, 0.717) is 0 Å². The van der Waals surface area contributed by atoms with Crippen molar-refractivity contribution < 1.29 is 91.9 Å². The zero-order valence-corrected chi connectivity index (χ0v) is 43.2. The SMILES string of the molecule is CC.CC.CCc1ccccc1.CCc1ccccc1.Cc1ccccc1.Cc1ccccc1.Cc1ccccc1.Cc1ccccc1.OC(O)O.OC(O)O.OC(O)O.OC(O)O.OC(O)O.OC(O)O. The van der Waals surface area contributed by atoms with Crippen molar-refractivity contribution in [2.45, 2.75) is 121 Å². The van der Waals surface area contributed by atoms with Gasteiger partial charge >= 0.3 is 0 Å². The number of rotatable bonds is 2. The summed E-state index contributed by atoms with van der Waals surface area (Å²) in [6.07, 6.45) is 2.28. The van der Waals surface area contributed by atoms with Crippen LogP contribution in [0.2, 0.25) is 0 Å². The van der Waals surface area contributed by atoms with Gasteiger partial charge in [0.2, 0.25) is 0 Å². The van der Waals surface area contributed by atoms with Gasteiger partial charge in [-0.1, -0.05) is 246 Å². The van der Waals surface area contributed by atoms with E-state index in [-0.39, 0.29) is 0 Å². The molecule has 0 fully saturated rings. The molecule has 6 aromatic rings. The Balaban J connectivity index is -0.000000104. The van der Waals surface area contributed by atoms with Gasteiger partial charge in [0.25, 0.3) is 38.9 Å². The van der Waals surface area contributed by atoms with Crippen molar-refractivity contribution >= 4 is 0 Å². The number of benzene rings is 6. The molecule has 0 amide bonds. The van der Waals surface area contributed by atoms with Gasteiger partial charge in [-0.2, -0.15) is 0 Å². The van der Waals surface area contributed by atoms with Crippen LogP contribution in [0.1, 0.15) is 74.9 Å². The lowest BCUT2D eigenvalue weighted by atomic mass is 10.2. The minimum absolute atomic E-state index is 1.14. The molecule has 0 spiro atoms. The molecule has 72 heavy (non-hydrogen) atoms. The maximum absolute atomic E-state index is 7.17. The summed E-state index contributed by atoms with van der Waals surface area (Å²) in [6, 6.07) is 62.0. The van der Waals surface area contributed by atoms with Crippen LogP contribution in [0.4, 0.5) is 0 Å². The van der Waals surface area contributed by atoms with Crippen molar-refractivity contribution in [1.82, 2.24) is 0 Å². The molecule has 0 saturated heterocycles. The summed E-state index contributed by atoms with van der Waals surface area (Å²) in [5.74, 6) is 0. The fourth-order valence-corrected chi connectivity index (χ4v) is 3.56. The van der Waals surface area contributed by atoms with Crippen molar-refractivity contribution in [2.24, 2.45) is 0 Å². The molecule has 0 bridgehead atoms. The zero-order chi connectivity index (χ0) is 57.6. The molecular weight excluding hydrogens is 937 g/mol. The third-order valence-corrected chi connectivity index (χ3v) is 6.26. The number of aryl methyl sites for hydroxylation is 6. The fraction of sp³-hybridized carbons (Fsp3) is 0.333. The maximum atomic E-state index is 7.17. The Labute approximate surface area is 427 Å². The number of hydrogen-bond acceptors (Lipinski definition) is 18. The lowest BCUT2D eigenvalue weighted by Gasteiger charge is -1.89. The summed E-state index contributed by atoms with van der Waals surface area (Å²) in [7, 11) is 0. The Hall–Kier alpha value is -5.40. The molecular formula is C54H88O18. The predicted octanol–water partition coefficient (Wildman–Crippen LogP) is 4.01. The van der Waals surface area contributed by atoms with E-state index in [1.807, 2.05) is 113 Å². The molecule has 0 aromatic heterocycles. The minimum Gasteiger partial charge on any atom is -0.346 e. The van der Waals surface area contributed by atoms with E-state index < -0.39 is 38.9 Å². The smallest absolute Gasteiger partial charge is 0.263 e. The summed E-state index contributed by atoms with van der Waals surface area (Å²) < 4.78 is 0. The van der Waals surface area contributed by atoms with Crippen LogP contribution in [0.5, 0.6) is 0 Å². The van der Waals surface area contributed by atoms with Crippen LogP contribution < -0.4 is 0 Å². The van der Waals surface area contributed by atoms with Crippen molar-refractivity contribution in [3.63, 3.8) is 0 Å². The van der Waals surface area contributed by atoms with Crippen molar-refractivity contribution in [1.29, 1.82) is 0 Å². The van der Waals surface area contributed by atoms with E-state index in [2.05, 4.69) is 139 Å². The van der Waals surface area contributed by atoms with E-state index in [4.69, 9.17) is 91.9 Å². The van der Waals surface area contributed by atoms with Gasteiger partial charge in [0.05, 0.1) is 0 Å². The van der Waals surface area contributed by atoms with E-state index in [1.165, 1.54) is 33.4 Å². The van der Waals surface area contributed by atoms with Gasteiger partial charge in [-0.3, -0.25) is 0 Å². The lowest BCUT2D eigenvalue weighted by molar-refractivity contribution is -0.199. The molecule has 0 aliphatic carbocycles. The van der Waals surface area contributed by atoms with Gasteiger partial charge in [0, 0.05) is 0 Å². The average Bonchev–Trinajstić information content (AvgIpc) is 3.32. The Morgan fingerprint density at radius 3 is 0.375 bits per heavy atom. The highest BCUT2D eigenvalue weighted by molar-refractivity contribution is 5.16. The monoisotopic (exact) mass is 1020 g/mol. The van der Waals surface area contributed by atoms with Crippen LogP contribution in [-0.4, -0.2) is 131 Å². The second-order valence-corrected chi connectivity index (χ2v) is 12.4. The standard InChI is InChI=1S/2C8H10.4C7H8.2C2H6.6CH4O3/c2*1-2-8-6-4-3-5-7-8;4*1-7-5-3-2-4-6-7;2*1-2;6*2-1(3)4/h2*3-7H,2H2,1H3;4*2-6H,1H3;2*1-2H3;6*1-4H. The minimum atomic E-state index is -2.17. The first-order valence-electron chi connectivity index (χ1n) is 22.2. The average molecular weight is 1030 g/mol. The third-order valence-electron chi connectivity index (χ3n) is 6.26. The van der Waals surface area contributed by atoms with Gasteiger partial charge in [0.1, 0.15) is 0 Å². The Morgan fingerprint density at radius 2 is 0.319 bits per heavy atom. The molecule has 0 unspecified atom stereocenters. The van der Waals surface area contributed by atoms with Gasteiger partial charge in [-0.25, -0.2) is 0 Å². The summed E-state index contributed by atoms with van der Waals surface area (Å²) in [5.41, 5.74) is 8.11. The van der Waals surface area contributed by atoms with Crippen LogP contribution in [0.3, 0.4) is 0 Å². The molecule has 0 saturated carbocycles. The van der Waals surface area contributed by atoms with Gasteiger partial charge < -0.3 is 91.9 Å². The van der Waals surface area contributed by atoms with Crippen LogP contribution >= 0.6 is 0 Å². The summed E-state index contributed by atoms with van der Waals surface area (Å²) >= 11 is 0. The second kappa shape index (κ2) is 69.9. The lowest BCUT2D eigenvalue weighted by Crippen LogP contribution is -1.98. The molecule has 18 N–H and O–H groups in total. The molecule has 412 valence electrons.